The molecule has 31 nitrogen and oxygen atoms in total. The number of carbonyl (C=O) groups excluding carboxylic acids is 2. The normalized spacial score (nSPS) is 12.4. The lowest BCUT2D eigenvalue weighted by Gasteiger charge is -2.13. The molecular formula is C96H126Br2FN25O6S4. The molecule has 4 aliphatic carbocycles. The van der Waals surface area contributed by atoms with Crippen molar-refractivity contribution >= 4 is 128 Å². The number of halogens is 3. The van der Waals surface area contributed by atoms with E-state index >= 15 is 0 Å². The summed E-state index contributed by atoms with van der Waals surface area (Å²) in [5, 5.41) is 50.8. The van der Waals surface area contributed by atoms with Crippen molar-refractivity contribution in [2.45, 2.75) is 219 Å². The van der Waals surface area contributed by atoms with Gasteiger partial charge in [0.25, 0.3) is 0 Å². The first-order valence-corrected chi connectivity index (χ1v) is 49.2. The molecule has 0 unspecified atom stereocenters. The second-order valence-corrected chi connectivity index (χ2v) is 34.9. The average molecular weight is 2030 g/mol. The predicted octanol–water partition coefficient (Wildman–Crippen LogP) is 19.2. The minimum absolute atomic E-state index is 0. The van der Waals surface area contributed by atoms with Gasteiger partial charge in [-0.1, -0.05) is 71.1 Å². The monoisotopic (exact) mass is 2030 g/mol. The number of imidazole rings is 4. The number of rotatable bonds is 23. The van der Waals surface area contributed by atoms with E-state index in [2.05, 4.69) is 137 Å². The molecule has 14 aromatic rings. The summed E-state index contributed by atoms with van der Waals surface area (Å²) >= 11 is 19.4. The number of aryl methyl sites for hydroxylation is 12. The molecule has 11 aromatic heterocycles. The third-order valence-electron chi connectivity index (χ3n) is 21.9. The largest absolute Gasteiger partial charge is 0.495 e. The highest BCUT2D eigenvalue weighted by molar-refractivity contribution is 9.09. The van der Waals surface area contributed by atoms with Crippen LogP contribution in [-0.4, -0.2) is 162 Å². The molecule has 11 heterocycles. The summed E-state index contributed by atoms with van der Waals surface area (Å²) in [4.78, 5) is 54.1. The van der Waals surface area contributed by atoms with Crippen molar-refractivity contribution in [1.82, 2.24) is 97.7 Å². The topological polar surface area (TPSA) is 374 Å². The van der Waals surface area contributed by atoms with Gasteiger partial charge >= 0.3 is 0 Å². The number of aromatic nitrogens is 19. The van der Waals surface area contributed by atoms with Gasteiger partial charge in [-0.2, -0.15) is 20.4 Å². The van der Waals surface area contributed by atoms with E-state index in [9.17, 15) is 14.0 Å². The van der Waals surface area contributed by atoms with Gasteiger partial charge in [0.1, 0.15) is 46.9 Å². The lowest BCUT2D eigenvalue weighted by molar-refractivity contribution is 0.101. The van der Waals surface area contributed by atoms with Crippen LogP contribution in [0.4, 0.5) is 32.1 Å². The molecule has 10 N–H and O–H groups in total. The van der Waals surface area contributed by atoms with Crippen molar-refractivity contribution in [3.8, 4) is 56.9 Å². The van der Waals surface area contributed by atoms with Crippen LogP contribution in [0.15, 0.2) is 134 Å². The second kappa shape index (κ2) is 52.5. The van der Waals surface area contributed by atoms with Gasteiger partial charge in [0.2, 0.25) is 0 Å². The molecule has 3 aromatic carbocycles. The molecule has 18 rings (SSSR count). The van der Waals surface area contributed by atoms with Crippen molar-refractivity contribution in [1.29, 1.82) is 0 Å². The molecule has 134 heavy (non-hydrogen) atoms. The fourth-order valence-corrected chi connectivity index (χ4v) is 17.9. The number of Topliss-reactive ketones (excluding diaryl/α,β-unsaturated/α-hetero) is 2. The van der Waals surface area contributed by atoms with Crippen molar-refractivity contribution in [2.24, 2.45) is 11.6 Å². The van der Waals surface area contributed by atoms with Crippen LogP contribution < -0.4 is 42.4 Å². The number of benzene rings is 3. The minimum Gasteiger partial charge on any atom is -0.495 e. The molecule has 0 atom stereocenters. The smallest absolute Gasteiger partial charge is 0.188 e. The number of aliphatic hydroxyl groups is 2. The van der Waals surface area contributed by atoms with E-state index in [1.807, 2.05) is 99.0 Å². The summed E-state index contributed by atoms with van der Waals surface area (Å²) in [5.41, 5.74) is 30.3. The highest BCUT2D eigenvalue weighted by atomic mass is 79.9. The second-order valence-electron chi connectivity index (χ2n) is 31.1. The van der Waals surface area contributed by atoms with E-state index in [0.29, 0.717) is 49.7 Å². The van der Waals surface area contributed by atoms with Crippen LogP contribution in [0.25, 0.3) is 45.4 Å². The molecule has 0 radical (unpaired) electrons. The molecular weight excluding hydrogens is 1910 g/mol. The summed E-state index contributed by atoms with van der Waals surface area (Å²) in [5.74, 6) is 10.4. The number of ketones is 2. The summed E-state index contributed by atoms with van der Waals surface area (Å²) in [6.07, 6.45) is 35.2. The number of methoxy groups -OCH3 is 2. The predicted molar refractivity (Wildman–Crippen MR) is 550 cm³/mol. The Morgan fingerprint density at radius 3 is 1.27 bits per heavy atom. The Labute approximate surface area is 819 Å². The summed E-state index contributed by atoms with van der Waals surface area (Å²) in [6, 6.07) is 20.3. The van der Waals surface area contributed by atoms with Gasteiger partial charge < -0.3 is 60.5 Å². The Morgan fingerprint density at radius 2 is 0.866 bits per heavy atom. The third-order valence-corrected chi connectivity index (χ3v) is 24.8. The Bertz CT molecular complexity index is 6150. The van der Waals surface area contributed by atoms with Crippen LogP contribution in [0, 0.1) is 33.5 Å². The van der Waals surface area contributed by atoms with Crippen LogP contribution in [-0.2, 0) is 84.0 Å². The highest BCUT2D eigenvalue weighted by Gasteiger charge is 2.27. The number of thiazole rings is 2. The van der Waals surface area contributed by atoms with Gasteiger partial charge in [-0.05, 0) is 244 Å². The van der Waals surface area contributed by atoms with Crippen LogP contribution in [0.3, 0.4) is 0 Å². The SMILES string of the molecule is C.C.CCO.CCO.CCn1nc2c(c1CC(N)=S)CCCC2.CCn1nc2c(c1NC(=S)NN)CCCC2.CCn1nc2c(c1Nc1nc(-c3ccc(-n4cnc(C)c4)c(F)c3)cs1)CCCC2.CCn1nc2c(c1Nc1nc(-c3ccc(-n4cnc(C)c4)c(OC)c3)cs1)CCCC2.COc1cc(C(=O)CBr)ccc1-n1cnc(C)c1.Cc1cn(-c2ccc(C(=O)CBr)cn2)cn1. The number of nitrogens with one attached hydrogen (secondary N) is 4. The number of ether oxygens (including phenoxy) is 2. The Kier molecular flexibility index (Phi) is 41.7. The maximum atomic E-state index is 14.7. The first kappa shape index (κ1) is 106. The van der Waals surface area contributed by atoms with E-state index in [-0.39, 0.29) is 45.5 Å². The molecule has 4 aliphatic rings. The molecule has 0 aliphatic heterocycles. The molecule has 38 heteroatoms. The number of hydrogen-bond donors (Lipinski definition) is 8. The number of anilines is 5. The molecule has 0 amide bonds. The van der Waals surface area contributed by atoms with Crippen LogP contribution in [0.5, 0.6) is 11.5 Å². The maximum absolute atomic E-state index is 14.7. The lowest BCUT2D eigenvalue weighted by Crippen LogP contribution is -2.35. The number of nitrogens with zero attached hydrogens (tertiary/aromatic N) is 19. The standard InChI is InChI=1S/C23H26N6OS.C22H23FN6S.C13H13BrN2O2.C11H10BrN3O.C11H17N3S.C10H17N5S.2C2H6O.2CH4/c1-4-29-22(17-7-5-6-8-18(17)27-29)26-23-25-19(13-31-23)16-9-10-20(21(11-16)30-3)28-12-15(2)24-14-28;1-3-29-21(16-6-4-5-7-18(16)27-29)26-22-25-19(12-30-22)15-8-9-20(17(23)10-15)28-11-14(2)24-13-28;1-9-7-16(8-15-9)11-4-3-10(12(17)6-14)5-13(11)18-2;1-8-6-15(7-14-8)11-3-2-9(5-13-11)10(16)4-12;1-2-14-10(7-11(12)15)8-5-3-4-6-9(8)13-14;1-2-15-9(12-10(16)13-11)7-5-3-4-6-8(7)14-15;2*1-2-3;;/h9-14H,4-8H2,1-3H3,(H,25,26);8-13H,3-7H2,1-2H3,(H,25,26);3-5,7-8H,6H2,1-2H3;2-3,5-7H,4H2,1H3;2-7H2,1H3,(H2,12,15);2-6,11H2,1H3,(H2,12,13,16);2*3H,2H2,1H3;2*1H4. The highest BCUT2D eigenvalue weighted by Crippen LogP contribution is 2.38. The number of hydrazine groups is 1. The molecule has 0 fully saturated rings. The minimum atomic E-state index is -0.300. The van der Waals surface area contributed by atoms with E-state index < -0.39 is 0 Å². The number of thiocarbonyl (C=S) groups is 2. The summed E-state index contributed by atoms with van der Waals surface area (Å²) < 4.78 is 41.2. The molecule has 0 saturated carbocycles. The fraction of sp³-hybridized carbons (Fsp3) is 0.406. The number of aliphatic hydroxyl groups excluding tert-OH is 2. The van der Waals surface area contributed by atoms with Crippen molar-refractivity contribution in [2.75, 3.05) is 54.0 Å². The number of nitrogens with two attached hydrogens (primary N) is 2. The quantitative estimate of drug-likeness (QED) is 0.00969. The van der Waals surface area contributed by atoms with Crippen LogP contribution >= 0.6 is 79.0 Å². The first-order valence-electron chi connectivity index (χ1n) is 44.4. The van der Waals surface area contributed by atoms with Gasteiger partial charge in [-0.25, -0.2) is 59.2 Å². The van der Waals surface area contributed by atoms with Crippen molar-refractivity contribution < 1.29 is 33.7 Å². The average Bonchev–Trinajstić information content (AvgIpc) is 1.61. The van der Waals surface area contributed by atoms with Gasteiger partial charge in [0, 0.05) is 132 Å². The van der Waals surface area contributed by atoms with Crippen LogP contribution in [0.2, 0.25) is 0 Å². The number of pyridine rings is 1. The first-order chi connectivity index (χ1) is 63.9. The Morgan fingerprint density at radius 1 is 0.493 bits per heavy atom. The third kappa shape index (κ3) is 27.7. The zero-order valence-electron chi connectivity index (χ0n) is 76.8. The van der Waals surface area contributed by atoms with Gasteiger partial charge in [-0.3, -0.25) is 18.8 Å². The van der Waals surface area contributed by atoms with Gasteiger partial charge in [0.05, 0.1) is 123 Å². The number of carbonyl (C=O) groups is 2. The van der Waals surface area contributed by atoms with Crippen molar-refractivity contribution in [3.63, 3.8) is 0 Å². The molecule has 0 spiro atoms. The fourth-order valence-electron chi connectivity index (χ4n) is 15.5. The Hall–Kier alpha value is -11.4. The van der Waals surface area contributed by atoms with E-state index in [1.165, 1.54) is 119 Å². The van der Waals surface area contributed by atoms with E-state index in [1.54, 1.807) is 112 Å². The van der Waals surface area contributed by atoms with E-state index in [0.717, 1.165) is 173 Å². The molecule has 0 saturated heterocycles. The van der Waals surface area contributed by atoms with Gasteiger partial charge in [0.15, 0.2) is 26.9 Å². The van der Waals surface area contributed by atoms with E-state index in [4.69, 9.17) is 75.9 Å². The molecule has 0 bridgehead atoms. The number of fused-ring (bicyclic) bond motifs is 4. The van der Waals surface area contributed by atoms with Gasteiger partial charge in [-0.15, -0.1) is 22.7 Å². The number of hydrogen-bond acceptors (Lipinski definition) is 24. The molecule has 716 valence electrons. The van der Waals surface area contributed by atoms with Crippen LogP contribution in [0.1, 0.15) is 202 Å². The zero-order chi connectivity index (χ0) is 94.5. The lowest BCUT2D eigenvalue weighted by atomic mass is 9.95. The maximum Gasteiger partial charge on any atom is 0.188 e. The number of alkyl halides is 2. The van der Waals surface area contributed by atoms with Crippen molar-refractivity contribution in [3.05, 3.63) is 224 Å². The zero-order valence-corrected chi connectivity index (χ0v) is 83.3. The summed E-state index contributed by atoms with van der Waals surface area (Å²) in [7, 11) is 3.28. The summed E-state index contributed by atoms with van der Waals surface area (Å²) in [6.45, 7) is 23.4. The Balaban J connectivity index is 0.000000182.